The van der Waals surface area contributed by atoms with Crippen LogP contribution in [-0.2, 0) is 9.63 Å². The van der Waals surface area contributed by atoms with Crippen LogP contribution >= 0.6 is 11.3 Å². The Morgan fingerprint density at radius 3 is 2.70 bits per heavy atom. The van der Waals surface area contributed by atoms with Crippen LogP contribution in [0.15, 0.2) is 24.3 Å². The fourth-order valence-corrected chi connectivity index (χ4v) is 2.95. The van der Waals surface area contributed by atoms with Crippen LogP contribution in [0.2, 0.25) is 0 Å². The minimum absolute atomic E-state index is 0.00781. The lowest BCUT2D eigenvalue weighted by molar-refractivity contribution is -0.253. The van der Waals surface area contributed by atoms with Gasteiger partial charge in [0.25, 0.3) is 0 Å². The predicted octanol–water partition coefficient (Wildman–Crippen LogP) is 2.72. The van der Waals surface area contributed by atoms with E-state index in [-0.39, 0.29) is 19.0 Å². The van der Waals surface area contributed by atoms with Crippen molar-refractivity contribution in [2.45, 2.75) is 12.1 Å². The fourth-order valence-electron chi connectivity index (χ4n) is 1.90. The highest BCUT2D eigenvalue weighted by atomic mass is 32.1. The molecule has 1 aliphatic rings. The number of hydrogen-bond donors (Lipinski definition) is 0. The molecule has 0 aliphatic carbocycles. The van der Waals surface area contributed by atoms with Crippen LogP contribution in [-0.4, -0.2) is 35.3 Å². The first-order valence-electron chi connectivity index (χ1n) is 5.83. The number of hydrogen-bond acceptors (Lipinski definition) is 5. The van der Waals surface area contributed by atoms with Gasteiger partial charge < -0.3 is 4.84 Å². The van der Waals surface area contributed by atoms with Gasteiger partial charge in [0.1, 0.15) is 0 Å². The first kappa shape index (κ1) is 13.3. The second-order valence-electron chi connectivity index (χ2n) is 4.44. The number of thiazole rings is 1. The second kappa shape index (κ2) is 4.71. The maximum absolute atomic E-state index is 12.0. The molecular weight excluding hydrogens is 293 g/mol. The average Bonchev–Trinajstić information content (AvgIpc) is 2.74. The summed E-state index contributed by atoms with van der Waals surface area (Å²) >= 11 is 1.51. The van der Waals surface area contributed by atoms with Crippen molar-refractivity contribution < 1.29 is 22.8 Å². The van der Waals surface area contributed by atoms with Crippen molar-refractivity contribution in [3.05, 3.63) is 29.3 Å². The van der Waals surface area contributed by atoms with Gasteiger partial charge in [-0.2, -0.15) is 13.2 Å². The number of para-hydroxylation sites is 1. The predicted molar refractivity (Wildman–Crippen MR) is 66.1 cm³/mol. The van der Waals surface area contributed by atoms with Crippen LogP contribution in [0.25, 0.3) is 10.2 Å². The molecule has 1 aromatic carbocycles. The number of aromatic nitrogens is 1. The summed E-state index contributed by atoms with van der Waals surface area (Å²) in [5.74, 6) is -2.17. The van der Waals surface area contributed by atoms with Gasteiger partial charge in [0.2, 0.25) is 0 Å². The molecule has 3 rings (SSSR count). The highest BCUT2D eigenvalue weighted by Gasteiger charge is 2.44. The molecule has 1 aliphatic heterocycles. The molecule has 0 radical (unpaired) electrons. The van der Waals surface area contributed by atoms with Gasteiger partial charge in [-0.3, -0.25) is 0 Å². The van der Waals surface area contributed by atoms with E-state index in [0.29, 0.717) is 0 Å². The zero-order valence-electron chi connectivity index (χ0n) is 10.1. The van der Waals surface area contributed by atoms with Gasteiger partial charge >= 0.3 is 12.1 Å². The number of rotatable bonds is 2. The van der Waals surface area contributed by atoms with Crippen LogP contribution in [0.5, 0.6) is 0 Å². The molecule has 0 amide bonds. The Labute approximate surface area is 115 Å². The van der Waals surface area contributed by atoms with Crippen molar-refractivity contribution in [3.63, 3.8) is 0 Å². The molecule has 0 unspecified atom stereocenters. The van der Waals surface area contributed by atoms with Crippen LogP contribution in [0.3, 0.4) is 0 Å². The zero-order chi connectivity index (χ0) is 14.3. The van der Waals surface area contributed by atoms with Gasteiger partial charge in [-0.15, -0.1) is 16.4 Å². The Bertz CT molecular complexity index is 616. The van der Waals surface area contributed by atoms with E-state index >= 15 is 0 Å². The number of nitrogens with zero attached hydrogens (tertiary/aromatic N) is 2. The van der Waals surface area contributed by atoms with Crippen LogP contribution < -0.4 is 0 Å². The van der Waals surface area contributed by atoms with Gasteiger partial charge in [0.05, 0.1) is 15.2 Å². The molecule has 4 nitrogen and oxygen atoms in total. The number of carbonyl (C=O) groups excluding carboxylic acids is 1. The number of hydroxylamine groups is 2. The Hall–Kier alpha value is -1.67. The smallest absolute Gasteiger partial charge is 0.361 e. The van der Waals surface area contributed by atoms with Crippen LogP contribution in [0.1, 0.15) is 10.9 Å². The standard InChI is InChI=1S/C12H9F3N2O2S/c13-12(14,15)11(18)19-17-5-7(6-17)10-16-8-3-1-2-4-9(8)20-10/h1-4,7H,5-6H2. The van der Waals surface area contributed by atoms with E-state index < -0.39 is 12.1 Å². The third-order valence-corrected chi connectivity index (χ3v) is 4.15. The molecule has 0 spiro atoms. The van der Waals surface area contributed by atoms with E-state index in [1.807, 2.05) is 24.3 Å². The quantitative estimate of drug-likeness (QED) is 0.855. The summed E-state index contributed by atoms with van der Waals surface area (Å²) in [7, 11) is 0. The van der Waals surface area contributed by atoms with Crippen molar-refractivity contribution in [2.24, 2.45) is 0 Å². The van der Waals surface area contributed by atoms with Gasteiger partial charge in [-0.1, -0.05) is 12.1 Å². The topological polar surface area (TPSA) is 42.4 Å². The first-order chi connectivity index (χ1) is 9.43. The molecule has 2 aromatic rings. The highest BCUT2D eigenvalue weighted by Crippen LogP contribution is 2.33. The summed E-state index contributed by atoms with van der Waals surface area (Å²) in [5.41, 5.74) is 0.873. The molecule has 1 fully saturated rings. The van der Waals surface area contributed by atoms with E-state index in [9.17, 15) is 18.0 Å². The molecule has 1 aromatic heterocycles. The molecule has 0 N–H and O–H groups in total. The summed E-state index contributed by atoms with van der Waals surface area (Å²) in [6, 6.07) is 7.61. The molecule has 1 saturated heterocycles. The Morgan fingerprint density at radius 1 is 1.35 bits per heavy atom. The number of halogens is 3. The SMILES string of the molecule is O=C(ON1CC(c2nc3ccccc3s2)C1)C(F)(F)F. The maximum Gasteiger partial charge on any atom is 0.492 e. The summed E-state index contributed by atoms with van der Waals surface area (Å²) < 4.78 is 37.1. The van der Waals surface area contributed by atoms with E-state index in [0.717, 1.165) is 20.3 Å². The van der Waals surface area contributed by atoms with Gasteiger partial charge in [0, 0.05) is 19.0 Å². The third kappa shape index (κ3) is 2.48. The average molecular weight is 302 g/mol. The lowest BCUT2D eigenvalue weighted by Gasteiger charge is -2.35. The first-order valence-corrected chi connectivity index (χ1v) is 6.64. The maximum atomic E-state index is 12.0. The van der Waals surface area contributed by atoms with E-state index in [4.69, 9.17) is 0 Å². The molecule has 8 heteroatoms. The molecule has 0 atom stereocenters. The number of fused-ring (bicyclic) bond motifs is 1. The molecular formula is C12H9F3N2O2S. The van der Waals surface area contributed by atoms with Crippen molar-refractivity contribution >= 4 is 27.5 Å². The number of alkyl halides is 3. The van der Waals surface area contributed by atoms with Crippen LogP contribution in [0, 0.1) is 0 Å². The lowest BCUT2D eigenvalue weighted by atomic mass is 10.0. The zero-order valence-corrected chi connectivity index (χ0v) is 10.9. The molecule has 0 bridgehead atoms. The number of carbonyl (C=O) groups is 1. The lowest BCUT2D eigenvalue weighted by Crippen LogP contribution is -2.47. The summed E-state index contributed by atoms with van der Waals surface area (Å²) in [6.45, 7) is 0.475. The van der Waals surface area contributed by atoms with Crippen molar-refractivity contribution in [3.8, 4) is 0 Å². The van der Waals surface area contributed by atoms with Crippen molar-refractivity contribution in [1.29, 1.82) is 0 Å². The normalized spacial score (nSPS) is 17.1. The second-order valence-corrected chi connectivity index (χ2v) is 5.50. The minimum Gasteiger partial charge on any atom is -0.361 e. The fraction of sp³-hybridized carbons (Fsp3) is 0.333. The third-order valence-electron chi connectivity index (χ3n) is 2.95. The Balaban J connectivity index is 1.61. The monoisotopic (exact) mass is 302 g/mol. The Kier molecular flexibility index (Phi) is 3.14. The van der Waals surface area contributed by atoms with Gasteiger partial charge in [-0.05, 0) is 12.1 Å². The summed E-state index contributed by atoms with van der Waals surface area (Å²) in [5, 5.41) is 1.86. The molecule has 2 heterocycles. The van der Waals surface area contributed by atoms with Crippen molar-refractivity contribution in [1.82, 2.24) is 10.0 Å². The van der Waals surface area contributed by atoms with Gasteiger partial charge in [0.15, 0.2) is 0 Å². The summed E-state index contributed by atoms with van der Waals surface area (Å²) in [6.07, 6.45) is -4.96. The highest BCUT2D eigenvalue weighted by molar-refractivity contribution is 7.18. The summed E-state index contributed by atoms with van der Waals surface area (Å²) in [4.78, 5) is 19.3. The molecule has 0 saturated carbocycles. The van der Waals surface area contributed by atoms with Gasteiger partial charge in [-0.25, -0.2) is 9.78 Å². The largest absolute Gasteiger partial charge is 0.492 e. The Morgan fingerprint density at radius 2 is 2.05 bits per heavy atom. The van der Waals surface area contributed by atoms with E-state index in [1.54, 1.807) is 0 Å². The van der Waals surface area contributed by atoms with E-state index in [1.165, 1.54) is 11.3 Å². The number of benzene rings is 1. The van der Waals surface area contributed by atoms with E-state index in [2.05, 4.69) is 9.82 Å². The van der Waals surface area contributed by atoms with Crippen molar-refractivity contribution in [2.75, 3.05) is 13.1 Å². The molecule has 106 valence electrons. The molecule has 20 heavy (non-hydrogen) atoms. The minimum atomic E-state index is -4.96. The van der Waals surface area contributed by atoms with Crippen LogP contribution in [0.4, 0.5) is 13.2 Å².